The quantitative estimate of drug-likeness (QED) is 0.862. The van der Waals surface area contributed by atoms with Crippen LogP contribution < -0.4 is 10.1 Å². The van der Waals surface area contributed by atoms with Gasteiger partial charge >= 0.3 is 5.97 Å². The predicted octanol–water partition coefficient (Wildman–Crippen LogP) is 2.41. The van der Waals surface area contributed by atoms with Crippen molar-refractivity contribution in [2.75, 3.05) is 6.61 Å². The van der Waals surface area contributed by atoms with E-state index in [1.807, 2.05) is 36.4 Å². The second-order valence-corrected chi connectivity index (χ2v) is 5.99. The second kappa shape index (κ2) is 6.00. The van der Waals surface area contributed by atoms with Crippen LogP contribution in [0.2, 0.25) is 0 Å². The second-order valence-electron chi connectivity index (χ2n) is 5.99. The molecule has 5 nitrogen and oxygen atoms in total. The molecule has 0 aliphatic carbocycles. The number of rotatable bonds is 2. The number of benzene rings is 2. The van der Waals surface area contributed by atoms with Gasteiger partial charge in [-0.1, -0.05) is 36.4 Å². The van der Waals surface area contributed by atoms with Gasteiger partial charge in [-0.05, 0) is 17.7 Å². The van der Waals surface area contributed by atoms with Crippen LogP contribution in [0.3, 0.4) is 0 Å². The van der Waals surface area contributed by atoms with E-state index in [-0.39, 0.29) is 11.9 Å². The van der Waals surface area contributed by atoms with Gasteiger partial charge < -0.3 is 14.8 Å². The molecule has 122 valence electrons. The highest BCUT2D eigenvalue weighted by Crippen LogP contribution is 2.32. The molecule has 0 saturated heterocycles. The zero-order chi connectivity index (χ0) is 16.5. The van der Waals surface area contributed by atoms with Gasteiger partial charge in [-0.2, -0.15) is 0 Å². The van der Waals surface area contributed by atoms with E-state index in [2.05, 4.69) is 5.32 Å². The van der Waals surface area contributed by atoms with Crippen molar-refractivity contribution in [2.24, 2.45) is 0 Å². The molecule has 0 saturated carbocycles. The van der Waals surface area contributed by atoms with Crippen molar-refractivity contribution in [3.05, 3.63) is 65.2 Å². The molecule has 2 aromatic rings. The molecule has 2 atom stereocenters. The van der Waals surface area contributed by atoms with Gasteiger partial charge in [-0.15, -0.1) is 0 Å². The summed E-state index contributed by atoms with van der Waals surface area (Å²) in [6.45, 7) is 0.551. The number of esters is 1. The van der Waals surface area contributed by atoms with Crippen LogP contribution in [-0.4, -0.2) is 24.6 Å². The minimum atomic E-state index is -0.789. The Morgan fingerprint density at radius 2 is 1.88 bits per heavy atom. The number of para-hydroxylation sites is 1. The van der Waals surface area contributed by atoms with E-state index in [1.54, 1.807) is 12.1 Å². The molecule has 2 aliphatic rings. The third kappa shape index (κ3) is 2.62. The Morgan fingerprint density at radius 1 is 1.08 bits per heavy atom. The largest absolute Gasteiger partial charge is 0.493 e. The Labute approximate surface area is 139 Å². The SMILES string of the molecule is O=C1O[C@@H](C(=O)N[C@@H]2CCOc3ccccc32)Cc2ccccc21. The number of hydrogen-bond donors (Lipinski definition) is 1. The van der Waals surface area contributed by atoms with Gasteiger partial charge in [0.2, 0.25) is 0 Å². The lowest BCUT2D eigenvalue weighted by Gasteiger charge is -2.29. The average Bonchev–Trinajstić information content (AvgIpc) is 2.62. The van der Waals surface area contributed by atoms with E-state index in [9.17, 15) is 9.59 Å². The zero-order valence-electron chi connectivity index (χ0n) is 13.0. The molecule has 4 rings (SSSR count). The van der Waals surface area contributed by atoms with Crippen LogP contribution in [0.25, 0.3) is 0 Å². The fraction of sp³-hybridized carbons (Fsp3) is 0.263. The van der Waals surface area contributed by atoms with Crippen LogP contribution in [0.15, 0.2) is 48.5 Å². The third-order valence-corrected chi connectivity index (χ3v) is 4.46. The number of amides is 1. The van der Waals surface area contributed by atoms with Crippen molar-refractivity contribution in [3.8, 4) is 5.75 Å². The number of cyclic esters (lactones) is 1. The zero-order valence-corrected chi connectivity index (χ0v) is 13.0. The number of hydrogen-bond acceptors (Lipinski definition) is 4. The molecule has 2 aromatic carbocycles. The van der Waals surface area contributed by atoms with E-state index in [0.29, 0.717) is 25.0 Å². The summed E-state index contributed by atoms with van der Waals surface area (Å²) in [5.74, 6) is 0.0870. The van der Waals surface area contributed by atoms with Crippen molar-refractivity contribution in [1.82, 2.24) is 5.32 Å². The molecule has 0 aromatic heterocycles. The maximum atomic E-state index is 12.6. The topological polar surface area (TPSA) is 64.6 Å². The molecule has 0 unspecified atom stereocenters. The summed E-state index contributed by atoms with van der Waals surface area (Å²) >= 11 is 0. The lowest BCUT2D eigenvalue weighted by atomic mass is 9.97. The van der Waals surface area contributed by atoms with Gasteiger partial charge in [-0.3, -0.25) is 4.79 Å². The van der Waals surface area contributed by atoms with E-state index >= 15 is 0 Å². The Bertz CT molecular complexity index is 801. The van der Waals surface area contributed by atoms with Crippen LogP contribution >= 0.6 is 0 Å². The van der Waals surface area contributed by atoms with Gasteiger partial charge in [0.1, 0.15) is 5.75 Å². The van der Waals surface area contributed by atoms with Crippen LogP contribution in [-0.2, 0) is 16.0 Å². The summed E-state index contributed by atoms with van der Waals surface area (Å²) in [5.41, 5.74) is 2.35. The standard InChI is InChI=1S/C19H17NO4/c21-18(17-11-12-5-1-2-6-13(12)19(22)24-17)20-15-9-10-23-16-8-4-3-7-14(15)16/h1-8,15,17H,9-11H2,(H,20,21)/t15-,17-/m1/s1. The van der Waals surface area contributed by atoms with Crippen molar-refractivity contribution in [1.29, 1.82) is 0 Å². The highest BCUT2D eigenvalue weighted by molar-refractivity contribution is 5.95. The monoisotopic (exact) mass is 323 g/mol. The Balaban J connectivity index is 1.51. The van der Waals surface area contributed by atoms with Crippen LogP contribution in [0.4, 0.5) is 0 Å². The lowest BCUT2D eigenvalue weighted by Crippen LogP contribution is -2.44. The summed E-state index contributed by atoms with van der Waals surface area (Å²) in [6.07, 6.45) is 0.306. The minimum Gasteiger partial charge on any atom is -0.493 e. The highest BCUT2D eigenvalue weighted by Gasteiger charge is 2.33. The molecule has 2 aliphatic heterocycles. The molecule has 0 radical (unpaired) electrons. The van der Waals surface area contributed by atoms with Crippen molar-refractivity contribution in [3.63, 3.8) is 0 Å². The maximum absolute atomic E-state index is 12.6. The number of ether oxygens (including phenoxy) is 2. The number of carbonyl (C=O) groups excluding carboxylic acids is 2. The summed E-state index contributed by atoms with van der Waals surface area (Å²) in [4.78, 5) is 24.7. The average molecular weight is 323 g/mol. The molecule has 0 fully saturated rings. The Hall–Kier alpha value is -2.82. The van der Waals surface area contributed by atoms with E-state index in [1.165, 1.54) is 0 Å². The lowest BCUT2D eigenvalue weighted by molar-refractivity contribution is -0.131. The van der Waals surface area contributed by atoms with E-state index in [4.69, 9.17) is 9.47 Å². The molecule has 1 amide bonds. The van der Waals surface area contributed by atoms with E-state index in [0.717, 1.165) is 16.9 Å². The maximum Gasteiger partial charge on any atom is 0.339 e. The number of nitrogens with one attached hydrogen (secondary N) is 1. The molecule has 2 heterocycles. The van der Waals surface area contributed by atoms with Gasteiger partial charge in [0, 0.05) is 18.4 Å². The van der Waals surface area contributed by atoms with Crippen LogP contribution in [0, 0.1) is 0 Å². The van der Waals surface area contributed by atoms with Gasteiger partial charge in [0.25, 0.3) is 5.91 Å². The first-order valence-electron chi connectivity index (χ1n) is 8.03. The fourth-order valence-electron chi connectivity index (χ4n) is 3.23. The van der Waals surface area contributed by atoms with Crippen LogP contribution in [0.5, 0.6) is 5.75 Å². The summed E-state index contributed by atoms with van der Waals surface area (Å²) in [6, 6.07) is 14.8. The summed E-state index contributed by atoms with van der Waals surface area (Å²) in [7, 11) is 0. The molecular formula is C19H17NO4. The smallest absolute Gasteiger partial charge is 0.339 e. The minimum absolute atomic E-state index is 0.127. The molecule has 24 heavy (non-hydrogen) atoms. The fourth-order valence-corrected chi connectivity index (χ4v) is 3.23. The summed E-state index contributed by atoms with van der Waals surface area (Å²) in [5, 5.41) is 3.00. The highest BCUT2D eigenvalue weighted by atomic mass is 16.5. The predicted molar refractivity (Wildman–Crippen MR) is 86.8 cm³/mol. The van der Waals surface area contributed by atoms with Crippen LogP contribution in [0.1, 0.15) is 33.9 Å². The summed E-state index contributed by atoms with van der Waals surface area (Å²) < 4.78 is 10.9. The number of fused-ring (bicyclic) bond motifs is 2. The molecule has 5 heteroatoms. The Kier molecular flexibility index (Phi) is 3.69. The molecular weight excluding hydrogens is 306 g/mol. The number of carbonyl (C=O) groups is 2. The first kappa shape index (κ1) is 14.8. The molecule has 0 spiro atoms. The Morgan fingerprint density at radius 3 is 2.79 bits per heavy atom. The molecule has 0 bridgehead atoms. The van der Waals surface area contributed by atoms with Crippen molar-refractivity contribution >= 4 is 11.9 Å². The van der Waals surface area contributed by atoms with E-state index < -0.39 is 12.1 Å². The van der Waals surface area contributed by atoms with Crippen molar-refractivity contribution < 1.29 is 19.1 Å². The van der Waals surface area contributed by atoms with Crippen molar-refractivity contribution in [2.45, 2.75) is 25.0 Å². The first-order valence-corrected chi connectivity index (χ1v) is 8.03. The van der Waals surface area contributed by atoms with Gasteiger partial charge in [-0.25, -0.2) is 4.79 Å². The third-order valence-electron chi connectivity index (χ3n) is 4.46. The van der Waals surface area contributed by atoms with Gasteiger partial charge in [0.05, 0.1) is 18.2 Å². The first-order chi connectivity index (χ1) is 11.7. The van der Waals surface area contributed by atoms with Gasteiger partial charge in [0.15, 0.2) is 6.10 Å². The molecule has 1 N–H and O–H groups in total. The normalized spacial score (nSPS) is 21.8.